The first-order valence-corrected chi connectivity index (χ1v) is 8.37. The highest BCUT2D eigenvalue weighted by Crippen LogP contribution is 2.22. The largest absolute Gasteiger partial charge is 0.411 e. The van der Waals surface area contributed by atoms with Crippen LogP contribution in [0.5, 0.6) is 0 Å². The number of aromatic nitrogens is 2. The minimum absolute atomic E-state index is 0.0332. The molecule has 0 unspecified atom stereocenters. The van der Waals surface area contributed by atoms with Crippen LogP contribution in [-0.2, 0) is 4.79 Å². The Balaban J connectivity index is 1.47. The number of carbonyl (C=O) groups excluding carboxylic acids is 2. The SMILES string of the molecule is O=C(CSc1nnc(-c2ccccc2)o1)NNC(=O)c1ccccc1. The topological polar surface area (TPSA) is 97.1 Å². The number of hydrazine groups is 1. The molecule has 25 heavy (non-hydrogen) atoms. The number of rotatable bonds is 5. The second-order valence-corrected chi connectivity index (χ2v) is 5.82. The van der Waals surface area contributed by atoms with E-state index in [1.54, 1.807) is 30.3 Å². The molecule has 1 aromatic heterocycles. The zero-order chi connectivity index (χ0) is 17.5. The van der Waals surface area contributed by atoms with E-state index in [9.17, 15) is 9.59 Å². The maximum absolute atomic E-state index is 11.8. The van der Waals surface area contributed by atoms with E-state index in [2.05, 4.69) is 21.0 Å². The molecule has 1 heterocycles. The van der Waals surface area contributed by atoms with Crippen LogP contribution in [0, 0.1) is 0 Å². The van der Waals surface area contributed by atoms with E-state index in [0.29, 0.717) is 11.5 Å². The number of thioether (sulfide) groups is 1. The Bertz CT molecular complexity index is 853. The second kappa shape index (κ2) is 8.11. The van der Waals surface area contributed by atoms with Crippen LogP contribution in [0.1, 0.15) is 10.4 Å². The second-order valence-electron chi connectivity index (χ2n) is 4.90. The van der Waals surface area contributed by atoms with Crippen LogP contribution in [0.15, 0.2) is 70.3 Å². The van der Waals surface area contributed by atoms with Crippen LogP contribution in [-0.4, -0.2) is 27.8 Å². The Hall–Kier alpha value is -3.13. The van der Waals surface area contributed by atoms with E-state index in [0.717, 1.165) is 17.3 Å². The Kier molecular flexibility index (Phi) is 5.43. The van der Waals surface area contributed by atoms with Gasteiger partial charge in [-0.1, -0.05) is 48.2 Å². The molecule has 0 atom stereocenters. The van der Waals surface area contributed by atoms with Crippen LogP contribution < -0.4 is 10.9 Å². The molecule has 0 spiro atoms. The highest BCUT2D eigenvalue weighted by atomic mass is 32.2. The van der Waals surface area contributed by atoms with Gasteiger partial charge in [0.25, 0.3) is 11.1 Å². The molecule has 2 aromatic carbocycles. The highest BCUT2D eigenvalue weighted by molar-refractivity contribution is 7.99. The zero-order valence-electron chi connectivity index (χ0n) is 13.0. The number of hydrogen-bond acceptors (Lipinski definition) is 6. The third-order valence-electron chi connectivity index (χ3n) is 3.11. The Labute approximate surface area is 147 Å². The van der Waals surface area contributed by atoms with Gasteiger partial charge in [0.2, 0.25) is 11.8 Å². The molecule has 3 aromatic rings. The average molecular weight is 354 g/mol. The third-order valence-corrected chi connectivity index (χ3v) is 3.92. The van der Waals surface area contributed by atoms with Crippen LogP contribution in [0.25, 0.3) is 11.5 Å². The number of amides is 2. The lowest BCUT2D eigenvalue weighted by Crippen LogP contribution is -2.42. The number of hydrogen-bond donors (Lipinski definition) is 2. The number of nitrogens with zero attached hydrogens (tertiary/aromatic N) is 2. The molecule has 0 aliphatic carbocycles. The number of nitrogens with one attached hydrogen (secondary N) is 2. The Morgan fingerprint density at radius 1 is 0.920 bits per heavy atom. The van der Waals surface area contributed by atoms with Gasteiger partial charge in [0.05, 0.1) is 5.75 Å². The molecule has 2 amide bonds. The van der Waals surface area contributed by atoms with E-state index >= 15 is 0 Å². The summed E-state index contributed by atoms with van der Waals surface area (Å²) in [7, 11) is 0. The minimum Gasteiger partial charge on any atom is -0.411 e. The van der Waals surface area contributed by atoms with Crippen LogP contribution in [0.4, 0.5) is 0 Å². The molecule has 0 aliphatic rings. The molecule has 7 nitrogen and oxygen atoms in total. The van der Waals surface area contributed by atoms with E-state index < -0.39 is 0 Å². The zero-order valence-corrected chi connectivity index (χ0v) is 13.8. The lowest BCUT2D eigenvalue weighted by atomic mass is 10.2. The van der Waals surface area contributed by atoms with Gasteiger partial charge >= 0.3 is 0 Å². The van der Waals surface area contributed by atoms with Crippen LogP contribution in [0.3, 0.4) is 0 Å². The quantitative estimate of drug-likeness (QED) is 0.539. The van der Waals surface area contributed by atoms with Gasteiger partial charge in [-0.2, -0.15) is 0 Å². The summed E-state index contributed by atoms with van der Waals surface area (Å²) >= 11 is 1.09. The van der Waals surface area contributed by atoms with Gasteiger partial charge in [-0.25, -0.2) is 0 Å². The molecule has 2 N–H and O–H groups in total. The monoisotopic (exact) mass is 354 g/mol. The Morgan fingerprint density at radius 3 is 2.32 bits per heavy atom. The van der Waals surface area contributed by atoms with Gasteiger partial charge < -0.3 is 4.42 Å². The summed E-state index contributed by atoms with van der Waals surface area (Å²) in [5.74, 6) is -0.344. The van der Waals surface area contributed by atoms with Gasteiger partial charge in [0, 0.05) is 11.1 Å². The molecular weight excluding hydrogens is 340 g/mol. The molecule has 0 radical (unpaired) electrons. The van der Waals surface area contributed by atoms with Crippen molar-refractivity contribution in [1.82, 2.24) is 21.0 Å². The molecule has 0 saturated carbocycles. The van der Waals surface area contributed by atoms with Crippen LogP contribution >= 0.6 is 11.8 Å². The third kappa shape index (κ3) is 4.67. The fraction of sp³-hybridized carbons (Fsp3) is 0.0588. The fourth-order valence-corrected chi connectivity index (χ4v) is 2.48. The number of carbonyl (C=O) groups is 2. The normalized spacial score (nSPS) is 10.2. The lowest BCUT2D eigenvalue weighted by Gasteiger charge is -2.06. The molecule has 0 fully saturated rings. The molecule has 8 heteroatoms. The maximum atomic E-state index is 11.8. The van der Waals surface area contributed by atoms with Crippen LogP contribution in [0.2, 0.25) is 0 Å². The lowest BCUT2D eigenvalue weighted by molar-refractivity contribution is -0.119. The summed E-state index contributed by atoms with van der Waals surface area (Å²) < 4.78 is 5.49. The summed E-state index contributed by atoms with van der Waals surface area (Å²) in [4.78, 5) is 23.6. The Morgan fingerprint density at radius 2 is 1.60 bits per heavy atom. The minimum atomic E-state index is -0.386. The van der Waals surface area contributed by atoms with Crippen molar-refractivity contribution >= 4 is 23.6 Å². The van der Waals surface area contributed by atoms with Crippen molar-refractivity contribution in [3.63, 3.8) is 0 Å². The molecule has 3 rings (SSSR count). The van der Waals surface area contributed by atoms with Crippen molar-refractivity contribution in [3.8, 4) is 11.5 Å². The summed E-state index contributed by atoms with van der Waals surface area (Å²) in [5, 5.41) is 8.11. The molecule has 0 bridgehead atoms. The standard InChI is InChI=1S/C17H14N4O3S/c22-14(18-19-15(23)12-7-3-1-4-8-12)11-25-17-21-20-16(24-17)13-9-5-2-6-10-13/h1-10H,11H2,(H,18,22)(H,19,23). The van der Waals surface area contributed by atoms with Crippen molar-refractivity contribution in [3.05, 3.63) is 66.2 Å². The summed E-state index contributed by atoms with van der Waals surface area (Å²) in [6, 6.07) is 17.9. The summed E-state index contributed by atoms with van der Waals surface area (Å²) in [5.41, 5.74) is 5.95. The average Bonchev–Trinajstić information content (AvgIpc) is 3.15. The van der Waals surface area contributed by atoms with Gasteiger partial charge in [-0.15, -0.1) is 10.2 Å². The fourth-order valence-electron chi connectivity index (χ4n) is 1.92. The molecule has 126 valence electrons. The first kappa shape index (κ1) is 16.7. The first-order chi connectivity index (χ1) is 12.2. The van der Waals surface area contributed by atoms with E-state index in [1.165, 1.54) is 0 Å². The van der Waals surface area contributed by atoms with Gasteiger partial charge in [-0.05, 0) is 24.3 Å². The summed E-state index contributed by atoms with van der Waals surface area (Å²) in [6.45, 7) is 0. The van der Waals surface area contributed by atoms with Gasteiger partial charge in [0.15, 0.2) is 0 Å². The molecule has 0 aliphatic heterocycles. The predicted molar refractivity (Wildman–Crippen MR) is 92.5 cm³/mol. The smallest absolute Gasteiger partial charge is 0.277 e. The molecular formula is C17H14N4O3S. The van der Waals surface area contributed by atoms with E-state index in [-0.39, 0.29) is 22.8 Å². The van der Waals surface area contributed by atoms with Gasteiger partial charge in [0.1, 0.15) is 0 Å². The van der Waals surface area contributed by atoms with E-state index in [4.69, 9.17) is 4.42 Å². The van der Waals surface area contributed by atoms with Crippen molar-refractivity contribution in [2.24, 2.45) is 0 Å². The molecule has 0 saturated heterocycles. The summed E-state index contributed by atoms with van der Waals surface area (Å²) in [6.07, 6.45) is 0. The van der Waals surface area contributed by atoms with E-state index in [1.807, 2.05) is 30.3 Å². The maximum Gasteiger partial charge on any atom is 0.277 e. The first-order valence-electron chi connectivity index (χ1n) is 7.38. The van der Waals surface area contributed by atoms with Gasteiger partial charge in [-0.3, -0.25) is 20.4 Å². The highest BCUT2D eigenvalue weighted by Gasteiger charge is 2.12. The number of benzene rings is 2. The van der Waals surface area contributed by atoms with Crippen molar-refractivity contribution in [1.29, 1.82) is 0 Å². The van der Waals surface area contributed by atoms with Crippen molar-refractivity contribution < 1.29 is 14.0 Å². The van der Waals surface area contributed by atoms with Crippen molar-refractivity contribution in [2.45, 2.75) is 5.22 Å². The van der Waals surface area contributed by atoms with Crippen molar-refractivity contribution in [2.75, 3.05) is 5.75 Å². The predicted octanol–water partition coefficient (Wildman–Crippen LogP) is 2.29.